The first-order valence-electron chi connectivity index (χ1n) is 5.68. The Morgan fingerprint density at radius 1 is 0.737 bits per heavy atom. The Bertz CT molecular complexity index is 225. The van der Waals surface area contributed by atoms with E-state index in [-0.39, 0.29) is 67.6 Å². The van der Waals surface area contributed by atoms with Crippen molar-refractivity contribution in [3.63, 3.8) is 0 Å². The average molecular weight is 411 g/mol. The molecular weight excluding hydrogens is 386 g/mol. The summed E-state index contributed by atoms with van der Waals surface area (Å²) in [6, 6.07) is 0. The van der Waals surface area contributed by atoms with Crippen molar-refractivity contribution in [1.82, 2.24) is 0 Å². The van der Waals surface area contributed by atoms with Crippen molar-refractivity contribution in [2.75, 3.05) is 0 Å². The van der Waals surface area contributed by atoms with Crippen molar-refractivity contribution in [2.45, 2.75) is 39.0 Å². The van der Waals surface area contributed by atoms with Crippen LogP contribution in [0.1, 0.15) is 12.8 Å². The topological polar surface area (TPSA) is 0 Å². The molecule has 0 amide bonds. The molecule has 0 aromatic heterocycles. The summed E-state index contributed by atoms with van der Waals surface area (Å²) in [5.41, 5.74) is 0. The van der Waals surface area contributed by atoms with Gasteiger partial charge in [0.2, 0.25) is 0 Å². The average Bonchev–Trinajstić information content (AvgIpc) is 2.97. The Kier molecular flexibility index (Phi) is 31.3. The smallest absolute Gasteiger partial charge is 0.273 e. The molecule has 2 aliphatic carbocycles. The summed E-state index contributed by atoms with van der Waals surface area (Å²) in [6.07, 6.45) is 20.0. The van der Waals surface area contributed by atoms with E-state index in [1.165, 1.54) is 0 Å². The van der Waals surface area contributed by atoms with Gasteiger partial charge < -0.3 is 0 Å². The predicted octanol–water partition coefficient (Wildman–Crippen LogP) is 5.03. The number of rotatable bonds is 1. The molecule has 0 N–H and O–H groups in total. The van der Waals surface area contributed by atoms with Gasteiger partial charge in [0.15, 0.2) is 0 Å². The van der Waals surface area contributed by atoms with Crippen molar-refractivity contribution in [1.29, 1.82) is 0 Å². The molecule has 0 saturated carbocycles. The molecule has 2 rings (SSSR count). The SMILES string of the molecule is C[Si](C)[Si](C)C.Cl.Cl.[C-]1=CC=CC1.[C-]1=CC=CC1.[Zr+2]. The van der Waals surface area contributed by atoms with E-state index in [1.807, 2.05) is 24.3 Å². The molecule has 0 bridgehead atoms. The quantitative estimate of drug-likeness (QED) is 0.420. The van der Waals surface area contributed by atoms with Gasteiger partial charge in [-0.2, -0.15) is 12.2 Å². The van der Waals surface area contributed by atoms with E-state index in [0.29, 0.717) is 0 Å². The normalized spacial score (nSPS) is 12.7. The minimum atomic E-state index is 0. The summed E-state index contributed by atoms with van der Waals surface area (Å²) in [5, 5.41) is 0. The maximum Gasteiger partial charge on any atom is 2.00 e. The van der Waals surface area contributed by atoms with Crippen LogP contribution in [0.15, 0.2) is 36.5 Å². The van der Waals surface area contributed by atoms with E-state index < -0.39 is 0 Å². The van der Waals surface area contributed by atoms with E-state index in [4.69, 9.17) is 0 Å². The Balaban J connectivity index is -0.0000000824. The first kappa shape index (κ1) is 28.1. The minimum absolute atomic E-state index is 0. The van der Waals surface area contributed by atoms with E-state index in [9.17, 15) is 0 Å². The summed E-state index contributed by atoms with van der Waals surface area (Å²) in [4.78, 5) is 0. The Labute approximate surface area is 154 Å². The van der Waals surface area contributed by atoms with Gasteiger partial charge in [-0.05, 0) is 0 Å². The molecule has 0 unspecified atom stereocenters. The second-order valence-corrected chi connectivity index (χ2v) is 14.0. The third-order valence-electron chi connectivity index (χ3n) is 2.17. The molecule has 106 valence electrons. The maximum absolute atomic E-state index is 2.99. The molecule has 0 aromatic rings. The second-order valence-electron chi connectivity index (χ2n) is 4.01. The van der Waals surface area contributed by atoms with E-state index in [0.717, 1.165) is 12.8 Å². The third kappa shape index (κ3) is 24.3. The van der Waals surface area contributed by atoms with E-state index in [1.54, 1.807) is 0 Å². The molecule has 2 aliphatic rings. The summed E-state index contributed by atoms with van der Waals surface area (Å²) >= 11 is 0. The first-order valence-corrected chi connectivity index (χ1v) is 11.7. The van der Waals surface area contributed by atoms with E-state index in [2.05, 4.69) is 50.5 Å². The van der Waals surface area contributed by atoms with Gasteiger partial charge in [-0.25, -0.2) is 24.3 Å². The van der Waals surface area contributed by atoms with Crippen LogP contribution in [0.25, 0.3) is 0 Å². The maximum atomic E-state index is 2.99. The standard InChI is InChI=1S/2C5H5.C4H12Si2.2ClH.Zr/c2*1-2-4-5-3-1;1-5(2)6(3)4;;;/h2*1-3H,4H2;1-4H3;2*1H;/q2*-1;;;;+2. The van der Waals surface area contributed by atoms with Crippen LogP contribution in [-0.2, 0) is 26.2 Å². The van der Waals surface area contributed by atoms with Crippen molar-refractivity contribution in [2.24, 2.45) is 0 Å². The van der Waals surface area contributed by atoms with Gasteiger partial charge in [0, 0.05) is 16.6 Å². The van der Waals surface area contributed by atoms with Crippen LogP contribution in [0.3, 0.4) is 0 Å². The summed E-state index contributed by atoms with van der Waals surface area (Å²) in [6.45, 7) is 9.55. The molecule has 0 fully saturated rings. The predicted molar refractivity (Wildman–Crippen MR) is 92.6 cm³/mol. The zero-order valence-corrected chi connectivity index (χ0v) is 18.3. The van der Waals surface area contributed by atoms with Crippen molar-refractivity contribution in [3.8, 4) is 0 Å². The number of halogens is 2. The van der Waals surface area contributed by atoms with Gasteiger partial charge in [-0.3, -0.25) is 12.2 Å². The monoisotopic (exact) mass is 408 g/mol. The van der Waals surface area contributed by atoms with Crippen LogP contribution < -0.4 is 0 Å². The van der Waals surface area contributed by atoms with Crippen LogP contribution in [0.5, 0.6) is 0 Å². The minimum Gasteiger partial charge on any atom is -0.273 e. The molecular formula is C14H24Cl2Si2Zr. The van der Waals surface area contributed by atoms with Crippen LogP contribution in [0, 0.1) is 12.2 Å². The van der Waals surface area contributed by atoms with Gasteiger partial charge in [0.25, 0.3) is 0 Å². The van der Waals surface area contributed by atoms with Gasteiger partial charge in [0.05, 0.1) is 0 Å². The van der Waals surface area contributed by atoms with Gasteiger partial charge >= 0.3 is 26.2 Å². The Morgan fingerprint density at radius 2 is 1.05 bits per heavy atom. The molecule has 0 nitrogen and oxygen atoms in total. The van der Waals surface area contributed by atoms with Crippen LogP contribution in [0.2, 0.25) is 26.2 Å². The zero-order valence-electron chi connectivity index (χ0n) is 12.2. The van der Waals surface area contributed by atoms with Crippen molar-refractivity contribution in [3.05, 3.63) is 48.6 Å². The summed E-state index contributed by atoms with van der Waals surface area (Å²) in [7, 11) is 0.300. The molecule has 0 saturated heterocycles. The zero-order chi connectivity index (χ0) is 12.2. The molecule has 0 spiro atoms. The van der Waals surface area contributed by atoms with Crippen molar-refractivity contribution >= 4 is 41.4 Å². The molecule has 0 heterocycles. The van der Waals surface area contributed by atoms with Gasteiger partial charge in [-0.15, -0.1) is 37.7 Å². The second kappa shape index (κ2) is 21.2. The number of hydrogen-bond acceptors (Lipinski definition) is 0. The third-order valence-corrected chi connectivity index (χ3v) is 10.2. The Hall–Kier alpha value is 0.857. The van der Waals surface area contributed by atoms with E-state index >= 15 is 0 Å². The van der Waals surface area contributed by atoms with Crippen LogP contribution in [-0.4, -0.2) is 16.6 Å². The largest absolute Gasteiger partial charge is 2.00 e. The van der Waals surface area contributed by atoms with Gasteiger partial charge in [-0.1, -0.05) is 26.2 Å². The summed E-state index contributed by atoms with van der Waals surface area (Å²) < 4.78 is 0. The molecule has 19 heavy (non-hydrogen) atoms. The summed E-state index contributed by atoms with van der Waals surface area (Å²) in [5.74, 6) is 0. The molecule has 0 atom stereocenters. The number of allylic oxidation sites excluding steroid dienone is 8. The number of hydrogen-bond donors (Lipinski definition) is 0. The van der Waals surface area contributed by atoms with Crippen LogP contribution >= 0.6 is 24.8 Å². The molecule has 2 radical (unpaired) electrons. The van der Waals surface area contributed by atoms with Crippen molar-refractivity contribution < 1.29 is 26.2 Å². The molecule has 5 heteroatoms. The van der Waals surface area contributed by atoms with Gasteiger partial charge in [0.1, 0.15) is 0 Å². The fourth-order valence-electron chi connectivity index (χ4n) is 0.680. The molecule has 0 aliphatic heterocycles. The fraction of sp³-hybridized carbons (Fsp3) is 0.429. The van der Waals surface area contributed by atoms with Crippen LogP contribution in [0.4, 0.5) is 0 Å². The fourth-order valence-corrected chi connectivity index (χ4v) is 0.680. The Morgan fingerprint density at radius 3 is 1.11 bits per heavy atom. The molecule has 0 aromatic carbocycles. The first-order chi connectivity index (χ1) is 7.64.